The molecule has 0 atom stereocenters. The lowest BCUT2D eigenvalue weighted by Crippen LogP contribution is -2.31. The Morgan fingerprint density at radius 3 is 2.60 bits per heavy atom. The fraction of sp³-hybridized carbons (Fsp3) is 0.364. The number of benzene rings is 1. The Morgan fingerprint density at radius 2 is 1.97 bits per heavy atom. The number of amidine groups is 1. The van der Waals surface area contributed by atoms with E-state index in [1.54, 1.807) is 11.0 Å². The van der Waals surface area contributed by atoms with Crippen LogP contribution in [0.5, 0.6) is 5.75 Å². The molecule has 2 aromatic rings. The van der Waals surface area contributed by atoms with Gasteiger partial charge in [0.1, 0.15) is 17.3 Å². The van der Waals surface area contributed by atoms with E-state index >= 15 is 0 Å². The summed E-state index contributed by atoms with van der Waals surface area (Å²) in [5.41, 5.74) is 3.14. The van der Waals surface area contributed by atoms with Crippen molar-refractivity contribution in [3.05, 3.63) is 57.9 Å². The number of ketones is 1. The molecule has 8 nitrogen and oxygen atoms in total. The number of hydrogen-bond acceptors (Lipinski definition) is 5. The van der Waals surface area contributed by atoms with Gasteiger partial charge >= 0.3 is 6.09 Å². The fourth-order valence-corrected chi connectivity index (χ4v) is 3.49. The number of fused-ring (bicyclic) bond motifs is 1. The van der Waals surface area contributed by atoms with Gasteiger partial charge in [0.25, 0.3) is 0 Å². The van der Waals surface area contributed by atoms with Crippen molar-refractivity contribution >= 4 is 17.7 Å². The third kappa shape index (κ3) is 4.27. The molecule has 1 aliphatic rings. The summed E-state index contributed by atoms with van der Waals surface area (Å²) in [7, 11) is 0. The molecule has 0 aliphatic carbocycles. The van der Waals surface area contributed by atoms with Crippen LogP contribution in [0.4, 0.5) is 4.79 Å². The summed E-state index contributed by atoms with van der Waals surface area (Å²) in [6.07, 6.45) is -1.21. The number of pyridine rings is 1. The third-order valence-corrected chi connectivity index (χ3v) is 5.10. The van der Waals surface area contributed by atoms with Crippen LogP contribution in [0.1, 0.15) is 59.2 Å². The second kappa shape index (κ2) is 7.78. The zero-order chi connectivity index (χ0) is 22.2. The predicted molar refractivity (Wildman–Crippen MR) is 112 cm³/mol. The maximum absolute atomic E-state index is 13.1. The highest BCUT2D eigenvalue weighted by atomic mass is 16.4. The van der Waals surface area contributed by atoms with Crippen LogP contribution in [-0.2, 0) is 18.5 Å². The van der Waals surface area contributed by atoms with Crippen LogP contribution in [0.3, 0.4) is 0 Å². The molecule has 2 heterocycles. The lowest BCUT2D eigenvalue weighted by molar-refractivity contribution is 0.0962. The standard InChI is InChI=1S/C22H26N4O4/c1-12-5-6-13-10-26(20(23)18(13)25-12)11-17(27)14-7-15(9-24-21(29)30)19(28)16(8-14)22(2,3)4/h5-8,23-24,28H,9-11H2,1-4H3,(H,29,30). The van der Waals surface area contributed by atoms with Crippen LogP contribution in [0.15, 0.2) is 24.3 Å². The maximum atomic E-state index is 13.1. The number of hydrogen-bond donors (Lipinski definition) is 4. The Hall–Kier alpha value is -3.42. The van der Waals surface area contributed by atoms with Gasteiger partial charge in [-0.1, -0.05) is 26.8 Å². The highest BCUT2D eigenvalue weighted by Gasteiger charge is 2.29. The molecule has 3 rings (SSSR count). The molecule has 1 amide bonds. The first kappa shape index (κ1) is 21.3. The molecule has 158 valence electrons. The van der Waals surface area contributed by atoms with Crippen molar-refractivity contribution in [1.29, 1.82) is 5.41 Å². The summed E-state index contributed by atoms with van der Waals surface area (Å²) in [5.74, 6) is -0.0233. The number of amides is 1. The van der Waals surface area contributed by atoms with E-state index < -0.39 is 11.5 Å². The van der Waals surface area contributed by atoms with Gasteiger partial charge < -0.3 is 20.4 Å². The van der Waals surface area contributed by atoms with Gasteiger partial charge in [-0.3, -0.25) is 10.2 Å². The maximum Gasteiger partial charge on any atom is 0.404 e. The quantitative estimate of drug-likeness (QED) is 0.561. The number of phenolic OH excluding ortho intramolecular Hbond substituents is 1. The molecule has 1 aromatic carbocycles. The Labute approximate surface area is 175 Å². The highest BCUT2D eigenvalue weighted by molar-refractivity contribution is 6.04. The Bertz CT molecular complexity index is 1040. The fourth-order valence-electron chi connectivity index (χ4n) is 3.49. The van der Waals surface area contributed by atoms with E-state index in [-0.39, 0.29) is 30.5 Å². The molecular weight excluding hydrogens is 384 g/mol. The molecule has 8 heteroatoms. The minimum atomic E-state index is -1.21. The molecule has 0 fully saturated rings. The summed E-state index contributed by atoms with van der Waals surface area (Å²) >= 11 is 0. The molecule has 4 N–H and O–H groups in total. The molecule has 1 aromatic heterocycles. The molecule has 0 spiro atoms. The summed E-state index contributed by atoms with van der Waals surface area (Å²) in [5, 5.41) is 30.1. The molecule has 30 heavy (non-hydrogen) atoms. The number of carboxylic acid groups (broad SMARTS) is 1. The van der Waals surface area contributed by atoms with Gasteiger partial charge in [-0.15, -0.1) is 0 Å². The van der Waals surface area contributed by atoms with Crippen molar-refractivity contribution in [2.24, 2.45) is 0 Å². The van der Waals surface area contributed by atoms with Crippen LogP contribution in [0.2, 0.25) is 0 Å². The monoisotopic (exact) mass is 410 g/mol. The normalized spacial score (nSPS) is 13.3. The molecule has 0 bridgehead atoms. The number of rotatable bonds is 5. The molecule has 0 saturated heterocycles. The molecule has 0 saturated carbocycles. The van der Waals surface area contributed by atoms with Gasteiger partial charge in [0.05, 0.1) is 6.54 Å². The van der Waals surface area contributed by atoms with Crippen LogP contribution >= 0.6 is 0 Å². The number of carbonyl (C=O) groups excluding carboxylic acids is 1. The van der Waals surface area contributed by atoms with Crippen LogP contribution in [-0.4, -0.2) is 44.4 Å². The third-order valence-electron chi connectivity index (χ3n) is 5.10. The number of phenols is 1. The number of Topliss-reactive ketones (excluding diaryl/α,β-unsaturated/α-hetero) is 1. The SMILES string of the molecule is Cc1ccc2c(n1)C(=N)N(CC(=O)c1cc(CNC(=O)O)c(O)c(C(C)(C)C)c1)C2. The van der Waals surface area contributed by atoms with Gasteiger partial charge in [0.15, 0.2) is 5.78 Å². The second-order valence-electron chi connectivity index (χ2n) is 8.53. The first-order valence-electron chi connectivity index (χ1n) is 9.64. The molecule has 0 unspecified atom stereocenters. The lowest BCUT2D eigenvalue weighted by Gasteiger charge is -2.24. The van der Waals surface area contributed by atoms with E-state index in [4.69, 9.17) is 10.5 Å². The van der Waals surface area contributed by atoms with E-state index in [1.165, 1.54) is 6.07 Å². The average molecular weight is 410 g/mol. The number of aromatic hydroxyl groups is 1. The smallest absolute Gasteiger partial charge is 0.404 e. The summed E-state index contributed by atoms with van der Waals surface area (Å²) in [6, 6.07) is 6.97. The van der Waals surface area contributed by atoms with E-state index in [1.807, 2.05) is 39.8 Å². The molecule has 1 aliphatic heterocycles. The molecular formula is C22H26N4O4. The van der Waals surface area contributed by atoms with Crippen molar-refractivity contribution in [3.8, 4) is 5.75 Å². The minimum Gasteiger partial charge on any atom is -0.507 e. The second-order valence-corrected chi connectivity index (χ2v) is 8.53. The Morgan fingerprint density at radius 1 is 1.27 bits per heavy atom. The minimum absolute atomic E-state index is 0.00556. The van der Waals surface area contributed by atoms with Crippen LogP contribution in [0, 0.1) is 12.3 Å². The topological polar surface area (TPSA) is 127 Å². The zero-order valence-corrected chi connectivity index (χ0v) is 17.5. The van der Waals surface area contributed by atoms with Gasteiger partial charge in [-0.05, 0) is 30.5 Å². The van der Waals surface area contributed by atoms with Gasteiger partial charge in [-0.2, -0.15) is 0 Å². The number of aromatic nitrogens is 1. The zero-order valence-electron chi connectivity index (χ0n) is 17.5. The van der Waals surface area contributed by atoms with Crippen molar-refractivity contribution < 1.29 is 19.8 Å². The summed E-state index contributed by atoms with van der Waals surface area (Å²) in [6.45, 7) is 7.90. The van der Waals surface area contributed by atoms with Gasteiger partial charge in [-0.25, -0.2) is 9.78 Å². The molecule has 0 radical (unpaired) electrons. The Kier molecular flexibility index (Phi) is 5.52. The van der Waals surface area contributed by atoms with E-state index in [0.717, 1.165) is 11.3 Å². The van der Waals surface area contributed by atoms with Crippen molar-refractivity contribution in [2.75, 3.05) is 6.54 Å². The first-order valence-corrected chi connectivity index (χ1v) is 9.64. The van der Waals surface area contributed by atoms with Gasteiger partial charge in [0.2, 0.25) is 0 Å². The number of nitrogens with zero attached hydrogens (tertiary/aromatic N) is 2. The van der Waals surface area contributed by atoms with Gasteiger partial charge in [0, 0.05) is 41.0 Å². The highest BCUT2D eigenvalue weighted by Crippen LogP contribution is 2.35. The van der Waals surface area contributed by atoms with E-state index in [9.17, 15) is 14.7 Å². The largest absolute Gasteiger partial charge is 0.507 e. The van der Waals surface area contributed by atoms with Crippen LogP contribution in [0.25, 0.3) is 0 Å². The van der Waals surface area contributed by atoms with E-state index in [0.29, 0.717) is 28.9 Å². The first-order chi connectivity index (χ1) is 14.0. The van der Waals surface area contributed by atoms with Crippen molar-refractivity contribution in [2.45, 2.75) is 46.2 Å². The lowest BCUT2D eigenvalue weighted by atomic mass is 9.83. The Balaban J connectivity index is 1.89. The summed E-state index contributed by atoms with van der Waals surface area (Å²) < 4.78 is 0. The van der Waals surface area contributed by atoms with Crippen LogP contribution < -0.4 is 5.32 Å². The number of aryl methyl sites for hydroxylation is 1. The van der Waals surface area contributed by atoms with Crippen molar-refractivity contribution in [1.82, 2.24) is 15.2 Å². The van der Waals surface area contributed by atoms with Crippen molar-refractivity contribution in [3.63, 3.8) is 0 Å². The predicted octanol–water partition coefficient (Wildman–Crippen LogP) is 3.18. The number of nitrogens with one attached hydrogen (secondary N) is 2. The summed E-state index contributed by atoms with van der Waals surface area (Å²) in [4.78, 5) is 30.0. The average Bonchev–Trinajstić information content (AvgIpc) is 2.95. The number of carbonyl (C=O) groups is 2. The van der Waals surface area contributed by atoms with E-state index in [2.05, 4.69) is 10.3 Å².